The summed E-state index contributed by atoms with van der Waals surface area (Å²) < 4.78 is 2.01. The van der Waals surface area contributed by atoms with Gasteiger partial charge >= 0.3 is 0 Å². The molecule has 8 heteroatoms. The van der Waals surface area contributed by atoms with Gasteiger partial charge in [-0.25, -0.2) is 0 Å². The molecule has 4 aromatic rings. The third-order valence-corrected chi connectivity index (χ3v) is 6.56. The lowest BCUT2D eigenvalue weighted by molar-refractivity contribution is -0.118. The van der Waals surface area contributed by atoms with E-state index in [1.807, 2.05) is 64.5 Å². The molecule has 0 saturated carbocycles. The number of hydrogen-bond acceptors (Lipinski definition) is 5. The molecular formula is C22H19ClN4OS2. The van der Waals surface area contributed by atoms with Gasteiger partial charge in [-0.3, -0.25) is 9.36 Å². The summed E-state index contributed by atoms with van der Waals surface area (Å²) in [5.41, 5.74) is 1.94. The van der Waals surface area contributed by atoms with Gasteiger partial charge in [0.1, 0.15) is 0 Å². The van der Waals surface area contributed by atoms with Crippen molar-refractivity contribution in [1.29, 1.82) is 0 Å². The molecule has 152 valence electrons. The monoisotopic (exact) mass is 454 g/mol. The molecule has 0 radical (unpaired) electrons. The Morgan fingerprint density at radius 1 is 1.03 bits per heavy atom. The van der Waals surface area contributed by atoms with E-state index in [1.165, 1.54) is 11.8 Å². The summed E-state index contributed by atoms with van der Waals surface area (Å²) in [6.07, 6.45) is 0. The zero-order valence-electron chi connectivity index (χ0n) is 16.0. The maximum atomic E-state index is 12.3. The molecule has 0 unspecified atom stereocenters. The number of benzene rings is 2. The Balaban J connectivity index is 1.53. The van der Waals surface area contributed by atoms with Crippen LogP contribution < -0.4 is 5.32 Å². The lowest BCUT2D eigenvalue weighted by Gasteiger charge is -2.11. The molecule has 0 aliphatic carbocycles. The highest BCUT2D eigenvalue weighted by atomic mass is 35.5. The van der Waals surface area contributed by atoms with Crippen LogP contribution in [0.15, 0.2) is 77.3 Å². The summed E-state index contributed by atoms with van der Waals surface area (Å²) >= 11 is 9.40. The van der Waals surface area contributed by atoms with Crippen molar-refractivity contribution in [3.8, 4) is 11.4 Å². The highest BCUT2D eigenvalue weighted by molar-refractivity contribution is 7.99. The first-order valence-corrected chi connectivity index (χ1v) is 11.6. The summed E-state index contributed by atoms with van der Waals surface area (Å²) in [6, 6.07) is 21.6. The Morgan fingerprint density at radius 3 is 2.60 bits per heavy atom. The number of thioether (sulfide) groups is 1. The quantitative estimate of drug-likeness (QED) is 0.375. The Morgan fingerprint density at radius 2 is 1.83 bits per heavy atom. The minimum atomic E-state index is -0.0399. The second-order valence-electron chi connectivity index (χ2n) is 6.50. The smallest absolute Gasteiger partial charge is 0.230 e. The summed E-state index contributed by atoms with van der Waals surface area (Å²) in [6.45, 7) is 1.13. The van der Waals surface area contributed by atoms with E-state index in [1.54, 1.807) is 11.3 Å². The maximum absolute atomic E-state index is 12.3. The molecule has 2 aromatic carbocycles. The molecule has 0 spiro atoms. The topological polar surface area (TPSA) is 59.8 Å². The average Bonchev–Trinajstić information content (AvgIpc) is 3.42. The molecule has 0 aliphatic rings. The predicted molar refractivity (Wildman–Crippen MR) is 123 cm³/mol. The van der Waals surface area contributed by atoms with Crippen LogP contribution in [0.5, 0.6) is 0 Å². The van der Waals surface area contributed by atoms with E-state index < -0.39 is 0 Å². The van der Waals surface area contributed by atoms with Crippen LogP contribution in [-0.2, 0) is 17.9 Å². The van der Waals surface area contributed by atoms with Gasteiger partial charge in [-0.2, -0.15) is 0 Å². The van der Waals surface area contributed by atoms with E-state index in [2.05, 4.69) is 27.6 Å². The van der Waals surface area contributed by atoms with Gasteiger partial charge in [0.25, 0.3) is 0 Å². The van der Waals surface area contributed by atoms with Crippen LogP contribution in [0.25, 0.3) is 11.4 Å². The fourth-order valence-corrected chi connectivity index (χ4v) is 4.56. The van der Waals surface area contributed by atoms with Crippen LogP contribution in [0.3, 0.4) is 0 Å². The molecule has 0 fully saturated rings. The van der Waals surface area contributed by atoms with Crippen LogP contribution in [0.4, 0.5) is 0 Å². The number of nitrogens with zero attached hydrogens (tertiary/aromatic N) is 3. The fraction of sp³-hybridized carbons (Fsp3) is 0.136. The van der Waals surface area contributed by atoms with Crippen molar-refractivity contribution in [1.82, 2.24) is 20.1 Å². The van der Waals surface area contributed by atoms with E-state index in [0.717, 1.165) is 16.0 Å². The Bertz CT molecular complexity index is 1110. The van der Waals surface area contributed by atoms with Gasteiger partial charge in [0.15, 0.2) is 11.0 Å². The Hall–Kier alpha value is -2.61. The lowest BCUT2D eigenvalue weighted by atomic mass is 10.2. The summed E-state index contributed by atoms with van der Waals surface area (Å²) in [4.78, 5) is 13.4. The van der Waals surface area contributed by atoms with Gasteiger partial charge in [-0.1, -0.05) is 71.9 Å². The van der Waals surface area contributed by atoms with Crippen LogP contribution in [-0.4, -0.2) is 26.4 Å². The number of halogens is 1. The largest absolute Gasteiger partial charge is 0.350 e. The molecule has 4 rings (SSSR count). The van der Waals surface area contributed by atoms with Crippen molar-refractivity contribution in [3.05, 3.63) is 87.6 Å². The number of amides is 1. The van der Waals surface area contributed by atoms with Gasteiger partial charge in [0, 0.05) is 10.4 Å². The molecule has 2 heterocycles. The number of aromatic nitrogens is 3. The SMILES string of the molecule is O=C(CSc1nnc(-c2ccccc2Cl)n1Cc1ccccc1)NCc1cccs1. The van der Waals surface area contributed by atoms with Crippen molar-refractivity contribution >= 4 is 40.6 Å². The molecule has 0 saturated heterocycles. The first kappa shape index (κ1) is 20.7. The summed E-state index contributed by atoms with van der Waals surface area (Å²) in [5, 5.41) is 15.0. The molecule has 2 aromatic heterocycles. The summed E-state index contributed by atoms with van der Waals surface area (Å²) in [7, 11) is 0. The second kappa shape index (κ2) is 9.93. The van der Waals surface area contributed by atoms with Crippen molar-refractivity contribution in [2.24, 2.45) is 0 Å². The minimum absolute atomic E-state index is 0.0399. The van der Waals surface area contributed by atoms with Crippen molar-refractivity contribution in [2.45, 2.75) is 18.2 Å². The minimum Gasteiger partial charge on any atom is -0.350 e. The number of rotatable bonds is 8. The number of carbonyl (C=O) groups excluding carboxylic acids is 1. The number of carbonyl (C=O) groups is 1. The Kier molecular flexibility index (Phi) is 6.84. The molecule has 0 atom stereocenters. The predicted octanol–water partition coefficient (Wildman–Crippen LogP) is 5.12. The van der Waals surface area contributed by atoms with Gasteiger partial charge in [0.2, 0.25) is 5.91 Å². The molecule has 0 bridgehead atoms. The van der Waals surface area contributed by atoms with Gasteiger partial charge in [-0.05, 0) is 29.1 Å². The molecular weight excluding hydrogens is 436 g/mol. The lowest BCUT2D eigenvalue weighted by Crippen LogP contribution is -2.24. The average molecular weight is 455 g/mol. The third kappa shape index (κ3) is 5.11. The third-order valence-electron chi connectivity index (χ3n) is 4.39. The van der Waals surface area contributed by atoms with Crippen LogP contribution >= 0.6 is 34.7 Å². The number of hydrogen-bond donors (Lipinski definition) is 1. The van der Waals surface area contributed by atoms with Crippen LogP contribution in [0, 0.1) is 0 Å². The first-order valence-electron chi connectivity index (χ1n) is 9.34. The second-order valence-corrected chi connectivity index (χ2v) is 8.88. The van der Waals surface area contributed by atoms with Gasteiger partial charge in [-0.15, -0.1) is 21.5 Å². The molecule has 5 nitrogen and oxygen atoms in total. The fourth-order valence-electron chi connectivity index (χ4n) is 2.93. The highest BCUT2D eigenvalue weighted by Gasteiger charge is 2.18. The van der Waals surface area contributed by atoms with E-state index in [9.17, 15) is 4.79 Å². The number of thiophene rings is 1. The highest BCUT2D eigenvalue weighted by Crippen LogP contribution is 2.30. The zero-order valence-corrected chi connectivity index (χ0v) is 18.4. The molecule has 1 amide bonds. The standard InChI is InChI=1S/C22H19ClN4OS2/c23-19-11-5-4-10-18(19)21-25-26-22(27(21)14-16-7-2-1-3-8-16)30-15-20(28)24-13-17-9-6-12-29-17/h1-12H,13-15H2,(H,24,28). The van der Waals surface area contributed by atoms with Crippen molar-refractivity contribution in [2.75, 3.05) is 5.75 Å². The van der Waals surface area contributed by atoms with Gasteiger partial charge < -0.3 is 5.32 Å². The van der Waals surface area contributed by atoms with E-state index in [-0.39, 0.29) is 11.7 Å². The molecule has 0 aliphatic heterocycles. The Labute approximate surface area is 188 Å². The van der Waals surface area contributed by atoms with E-state index >= 15 is 0 Å². The number of nitrogens with one attached hydrogen (secondary N) is 1. The van der Waals surface area contributed by atoms with E-state index in [4.69, 9.17) is 11.6 Å². The van der Waals surface area contributed by atoms with Gasteiger partial charge in [0.05, 0.1) is 23.9 Å². The van der Waals surface area contributed by atoms with E-state index in [0.29, 0.717) is 29.1 Å². The zero-order chi connectivity index (χ0) is 20.8. The maximum Gasteiger partial charge on any atom is 0.230 e. The summed E-state index contributed by atoms with van der Waals surface area (Å²) in [5.74, 6) is 0.911. The van der Waals surface area contributed by atoms with Crippen LogP contribution in [0.1, 0.15) is 10.4 Å². The molecule has 1 N–H and O–H groups in total. The van der Waals surface area contributed by atoms with Crippen molar-refractivity contribution < 1.29 is 4.79 Å². The first-order chi connectivity index (χ1) is 14.7. The normalized spacial score (nSPS) is 10.8. The van der Waals surface area contributed by atoms with Crippen LogP contribution in [0.2, 0.25) is 5.02 Å². The van der Waals surface area contributed by atoms with Crippen molar-refractivity contribution in [3.63, 3.8) is 0 Å². The molecule has 30 heavy (non-hydrogen) atoms.